The van der Waals surface area contributed by atoms with Crippen LogP contribution in [0, 0.1) is 0 Å². The molecular formula is C21H18ClNO2S. The highest BCUT2D eigenvalue weighted by molar-refractivity contribution is 7.99. The lowest BCUT2D eigenvalue weighted by atomic mass is 10.0. The predicted octanol–water partition coefficient (Wildman–Crippen LogP) is 5.47. The van der Waals surface area contributed by atoms with E-state index >= 15 is 0 Å². The zero-order valence-corrected chi connectivity index (χ0v) is 15.9. The molecule has 1 unspecified atom stereocenters. The Morgan fingerprint density at radius 2 is 1.96 bits per heavy atom. The van der Waals surface area contributed by atoms with E-state index in [4.69, 9.17) is 16.3 Å². The molecule has 5 heteroatoms. The standard InChI is InChI=1S/C21H18ClNO2S/c1-25-19-8-7-16(14-4-2-3-5-15(14)19)21(24)23-18-10-11-26-20-9-6-13(22)12-17(18)20/h2-9,12,18H,10-11H2,1H3,(H,23,24). The molecular weight excluding hydrogens is 366 g/mol. The summed E-state index contributed by atoms with van der Waals surface area (Å²) in [6.07, 6.45) is 0.887. The first kappa shape index (κ1) is 17.3. The molecule has 0 aromatic heterocycles. The van der Waals surface area contributed by atoms with Gasteiger partial charge in [-0.05, 0) is 47.7 Å². The van der Waals surface area contributed by atoms with Crippen molar-refractivity contribution in [2.45, 2.75) is 17.4 Å². The molecule has 26 heavy (non-hydrogen) atoms. The number of ether oxygens (including phenoxy) is 1. The second-order valence-electron chi connectivity index (χ2n) is 6.21. The quantitative estimate of drug-likeness (QED) is 0.651. The summed E-state index contributed by atoms with van der Waals surface area (Å²) in [7, 11) is 1.64. The minimum Gasteiger partial charge on any atom is -0.496 e. The van der Waals surface area contributed by atoms with Gasteiger partial charge in [0.1, 0.15) is 5.75 Å². The van der Waals surface area contributed by atoms with E-state index in [9.17, 15) is 4.79 Å². The van der Waals surface area contributed by atoms with E-state index in [1.54, 1.807) is 18.9 Å². The van der Waals surface area contributed by atoms with Crippen molar-refractivity contribution in [3.05, 3.63) is 70.7 Å². The van der Waals surface area contributed by atoms with Gasteiger partial charge in [0.05, 0.1) is 13.2 Å². The molecule has 1 atom stereocenters. The van der Waals surface area contributed by atoms with Crippen LogP contribution in [-0.2, 0) is 0 Å². The number of amides is 1. The second kappa shape index (κ2) is 7.22. The summed E-state index contributed by atoms with van der Waals surface area (Å²) in [6, 6.07) is 17.3. The molecule has 0 radical (unpaired) electrons. The van der Waals surface area contributed by atoms with E-state index in [1.165, 1.54) is 4.90 Å². The number of benzene rings is 3. The van der Waals surface area contributed by atoms with E-state index in [2.05, 4.69) is 5.32 Å². The highest BCUT2D eigenvalue weighted by atomic mass is 35.5. The lowest BCUT2D eigenvalue weighted by Gasteiger charge is -2.26. The summed E-state index contributed by atoms with van der Waals surface area (Å²) in [5.41, 5.74) is 1.75. The Morgan fingerprint density at radius 3 is 2.77 bits per heavy atom. The third-order valence-electron chi connectivity index (χ3n) is 4.67. The summed E-state index contributed by atoms with van der Waals surface area (Å²) in [4.78, 5) is 14.2. The first-order valence-corrected chi connectivity index (χ1v) is 9.82. The third kappa shape index (κ3) is 3.15. The molecule has 3 aromatic carbocycles. The van der Waals surface area contributed by atoms with Gasteiger partial charge < -0.3 is 10.1 Å². The molecule has 3 aromatic rings. The van der Waals surface area contributed by atoms with Crippen LogP contribution in [0.15, 0.2) is 59.5 Å². The summed E-state index contributed by atoms with van der Waals surface area (Å²) in [5.74, 6) is 1.66. The maximum Gasteiger partial charge on any atom is 0.252 e. The Hall–Kier alpha value is -2.17. The zero-order chi connectivity index (χ0) is 18.1. The van der Waals surface area contributed by atoms with Crippen LogP contribution in [0.1, 0.15) is 28.4 Å². The Bertz CT molecular complexity index is 989. The molecule has 0 aliphatic carbocycles. The van der Waals surface area contributed by atoms with Crippen molar-refractivity contribution in [2.75, 3.05) is 12.9 Å². The number of carbonyl (C=O) groups is 1. The van der Waals surface area contributed by atoms with E-state index in [1.807, 2.05) is 54.6 Å². The molecule has 1 aliphatic rings. The van der Waals surface area contributed by atoms with E-state index in [0.717, 1.165) is 34.3 Å². The molecule has 0 saturated carbocycles. The molecule has 1 aliphatic heterocycles. The normalized spacial score (nSPS) is 16.2. The lowest BCUT2D eigenvalue weighted by molar-refractivity contribution is 0.0936. The minimum absolute atomic E-state index is 0.0293. The molecule has 1 amide bonds. The van der Waals surface area contributed by atoms with Gasteiger partial charge in [-0.3, -0.25) is 4.79 Å². The van der Waals surface area contributed by atoms with Crippen LogP contribution >= 0.6 is 23.4 Å². The molecule has 0 bridgehead atoms. The highest BCUT2D eigenvalue weighted by Crippen LogP contribution is 2.38. The number of thioether (sulfide) groups is 1. The van der Waals surface area contributed by atoms with Crippen LogP contribution in [-0.4, -0.2) is 18.8 Å². The van der Waals surface area contributed by atoms with Gasteiger partial charge >= 0.3 is 0 Å². The summed E-state index contributed by atoms with van der Waals surface area (Å²) in [6.45, 7) is 0. The monoisotopic (exact) mass is 383 g/mol. The molecule has 0 fully saturated rings. The van der Waals surface area contributed by atoms with E-state index < -0.39 is 0 Å². The van der Waals surface area contributed by atoms with Crippen molar-refractivity contribution in [3.63, 3.8) is 0 Å². The summed E-state index contributed by atoms with van der Waals surface area (Å²) in [5, 5.41) is 5.72. The number of hydrogen-bond acceptors (Lipinski definition) is 3. The number of hydrogen-bond donors (Lipinski definition) is 1. The van der Waals surface area contributed by atoms with Gasteiger partial charge in [0.2, 0.25) is 0 Å². The van der Waals surface area contributed by atoms with Crippen molar-refractivity contribution >= 4 is 40.0 Å². The van der Waals surface area contributed by atoms with E-state index in [0.29, 0.717) is 10.6 Å². The van der Waals surface area contributed by atoms with Crippen molar-refractivity contribution in [1.29, 1.82) is 0 Å². The Labute approximate surface area is 161 Å². The first-order valence-electron chi connectivity index (χ1n) is 8.46. The zero-order valence-electron chi connectivity index (χ0n) is 14.3. The van der Waals surface area contributed by atoms with Crippen LogP contribution in [0.3, 0.4) is 0 Å². The van der Waals surface area contributed by atoms with Crippen LogP contribution in [0.2, 0.25) is 5.02 Å². The van der Waals surface area contributed by atoms with Crippen molar-refractivity contribution in [1.82, 2.24) is 5.32 Å². The molecule has 1 heterocycles. The van der Waals surface area contributed by atoms with Gasteiger partial charge in [-0.1, -0.05) is 35.9 Å². The molecule has 0 saturated heterocycles. The van der Waals surface area contributed by atoms with Crippen LogP contribution in [0.4, 0.5) is 0 Å². The maximum atomic E-state index is 13.0. The molecule has 132 valence electrons. The third-order valence-corrected chi connectivity index (χ3v) is 6.02. The molecule has 0 spiro atoms. The van der Waals surface area contributed by atoms with Gasteiger partial charge in [0, 0.05) is 26.6 Å². The number of halogens is 1. The molecule has 1 N–H and O–H groups in total. The van der Waals surface area contributed by atoms with Crippen LogP contribution < -0.4 is 10.1 Å². The van der Waals surface area contributed by atoms with Crippen LogP contribution in [0.25, 0.3) is 10.8 Å². The van der Waals surface area contributed by atoms with Gasteiger partial charge in [0.25, 0.3) is 5.91 Å². The highest BCUT2D eigenvalue weighted by Gasteiger charge is 2.24. The SMILES string of the molecule is COc1ccc(C(=O)NC2CCSc3ccc(Cl)cc32)c2ccccc12. The Balaban J connectivity index is 1.69. The number of fused-ring (bicyclic) bond motifs is 2. The first-order chi connectivity index (χ1) is 12.7. The van der Waals surface area contributed by atoms with Gasteiger partial charge in [-0.25, -0.2) is 0 Å². The van der Waals surface area contributed by atoms with Gasteiger partial charge in [0.15, 0.2) is 0 Å². The second-order valence-corrected chi connectivity index (χ2v) is 7.78. The fraction of sp³-hybridized carbons (Fsp3) is 0.190. The number of carbonyl (C=O) groups excluding carboxylic acids is 1. The fourth-order valence-electron chi connectivity index (χ4n) is 3.40. The van der Waals surface area contributed by atoms with Crippen molar-refractivity contribution in [3.8, 4) is 5.75 Å². The van der Waals surface area contributed by atoms with Crippen LogP contribution in [0.5, 0.6) is 5.75 Å². The number of rotatable bonds is 3. The predicted molar refractivity (Wildman–Crippen MR) is 108 cm³/mol. The summed E-state index contributed by atoms with van der Waals surface area (Å²) >= 11 is 7.98. The molecule has 4 rings (SSSR count). The molecule has 3 nitrogen and oxygen atoms in total. The lowest BCUT2D eigenvalue weighted by Crippen LogP contribution is -2.30. The Kier molecular flexibility index (Phi) is 4.79. The largest absolute Gasteiger partial charge is 0.496 e. The summed E-state index contributed by atoms with van der Waals surface area (Å²) < 4.78 is 5.42. The van der Waals surface area contributed by atoms with Gasteiger partial charge in [-0.15, -0.1) is 11.8 Å². The number of methoxy groups -OCH3 is 1. The topological polar surface area (TPSA) is 38.3 Å². The maximum absolute atomic E-state index is 13.0. The fourth-order valence-corrected chi connectivity index (χ4v) is 4.68. The average molecular weight is 384 g/mol. The minimum atomic E-state index is -0.0771. The smallest absolute Gasteiger partial charge is 0.252 e. The van der Waals surface area contributed by atoms with Crippen molar-refractivity contribution in [2.24, 2.45) is 0 Å². The van der Waals surface area contributed by atoms with Gasteiger partial charge in [-0.2, -0.15) is 0 Å². The van der Waals surface area contributed by atoms with E-state index in [-0.39, 0.29) is 11.9 Å². The Morgan fingerprint density at radius 1 is 1.15 bits per heavy atom. The number of nitrogens with one attached hydrogen (secondary N) is 1. The van der Waals surface area contributed by atoms with Crippen molar-refractivity contribution < 1.29 is 9.53 Å². The average Bonchev–Trinajstić information content (AvgIpc) is 2.67.